The van der Waals surface area contributed by atoms with E-state index >= 15 is 0 Å². The van der Waals surface area contributed by atoms with Crippen molar-refractivity contribution in [2.75, 3.05) is 11.4 Å². The lowest BCUT2D eigenvalue weighted by Crippen LogP contribution is -2.49. The minimum atomic E-state index is -0.747. The second kappa shape index (κ2) is 5.81. The molecule has 0 radical (unpaired) electrons. The second-order valence-corrected chi connectivity index (χ2v) is 5.63. The number of rotatable bonds is 3. The van der Waals surface area contributed by atoms with Gasteiger partial charge in [0.05, 0.1) is 17.8 Å². The molecule has 1 heterocycles. The molecule has 1 atom stereocenters. The summed E-state index contributed by atoms with van der Waals surface area (Å²) in [5, 5.41) is 13.3. The number of hydrogen-bond acceptors (Lipinski definition) is 4. The van der Waals surface area contributed by atoms with Crippen molar-refractivity contribution in [1.82, 2.24) is 5.32 Å². The first-order valence-corrected chi connectivity index (χ1v) is 7.28. The molecule has 0 saturated carbocycles. The number of fused-ring (bicyclic) bond motifs is 1. The number of anilines is 1. The standard InChI is InChI=1S/C16H14ClN3O3/c17-9-5-6-13(21)11(7-9)15-19-16(23)10-3-1-2-4-12(10)20(15)8-14(18)22/h1-7,15,21H,8H2,(H2,18,22)(H,19,23)/t15-/m0/s1. The molecule has 2 amide bonds. The molecule has 2 aromatic carbocycles. The van der Waals surface area contributed by atoms with Crippen molar-refractivity contribution in [3.63, 3.8) is 0 Å². The van der Waals surface area contributed by atoms with Crippen molar-refractivity contribution >= 4 is 29.1 Å². The van der Waals surface area contributed by atoms with Gasteiger partial charge in [-0.2, -0.15) is 0 Å². The smallest absolute Gasteiger partial charge is 0.255 e. The largest absolute Gasteiger partial charge is 0.508 e. The molecule has 0 spiro atoms. The zero-order valence-corrected chi connectivity index (χ0v) is 12.7. The Kier molecular flexibility index (Phi) is 3.83. The Hall–Kier alpha value is -2.73. The van der Waals surface area contributed by atoms with Crippen LogP contribution in [0.3, 0.4) is 0 Å². The fraction of sp³-hybridized carbons (Fsp3) is 0.125. The Morgan fingerprint density at radius 1 is 1.30 bits per heavy atom. The third kappa shape index (κ3) is 2.80. The summed E-state index contributed by atoms with van der Waals surface area (Å²) < 4.78 is 0. The molecule has 2 aromatic rings. The van der Waals surface area contributed by atoms with Gasteiger partial charge in [0, 0.05) is 10.6 Å². The summed E-state index contributed by atoms with van der Waals surface area (Å²) in [5.74, 6) is -0.887. The number of para-hydroxylation sites is 1. The van der Waals surface area contributed by atoms with E-state index in [-0.39, 0.29) is 18.2 Å². The van der Waals surface area contributed by atoms with E-state index in [0.29, 0.717) is 21.8 Å². The zero-order valence-electron chi connectivity index (χ0n) is 12.0. The van der Waals surface area contributed by atoms with Crippen molar-refractivity contribution in [1.29, 1.82) is 0 Å². The second-order valence-electron chi connectivity index (χ2n) is 5.19. The molecule has 0 saturated heterocycles. The fourth-order valence-electron chi connectivity index (χ4n) is 2.67. The lowest BCUT2D eigenvalue weighted by Gasteiger charge is -2.38. The van der Waals surface area contributed by atoms with E-state index in [2.05, 4.69) is 5.32 Å². The molecule has 118 valence electrons. The molecule has 0 aromatic heterocycles. The average molecular weight is 332 g/mol. The van der Waals surface area contributed by atoms with Crippen molar-refractivity contribution in [3.05, 3.63) is 58.6 Å². The summed E-state index contributed by atoms with van der Waals surface area (Å²) in [7, 11) is 0. The summed E-state index contributed by atoms with van der Waals surface area (Å²) in [5.41, 5.74) is 6.74. The summed E-state index contributed by atoms with van der Waals surface area (Å²) >= 11 is 5.99. The fourth-order valence-corrected chi connectivity index (χ4v) is 2.85. The van der Waals surface area contributed by atoms with Gasteiger partial charge >= 0.3 is 0 Å². The molecular formula is C16H14ClN3O3. The maximum absolute atomic E-state index is 12.3. The van der Waals surface area contributed by atoms with Crippen LogP contribution in [0, 0.1) is 0 Å². The molecule has 1 aliphatic heterocycles. The number of carbonyl (C=O) groups excluding carboxylic acids is 2. The van der Waals surface area contributed by atoms with Gasteiger partial charge in [-0.15, -0.1) is 0 Å². The van der Waals surface area contributed by atoms with Crippen molar-refractivity contribution < 1.29 is 14.7 Å². The molecule has 4 N–H and O–H groups in total. The van der Waals surface area contributed by atoms with Crippen LogP contribution in [0.1, 0.15) is 22.1 Å². The number of nitrogens with two attached hydrogens (primary N) is 1. The lowest BCUT2D eigenvalue weighted by molar-refractivity contribution is -0.116. The van der Waals surface area contributed by atoms with Crippen LogP contribution >= 0.6 is 11.6 Å². The van der Waals surface area contributed by atoms with Crippen LogP contribution in [0.4, 0.5) is 5.69 Å². The number of amides is 2. The topological polar surface area (TPSA) is 95.7 Å². The summed E-state index contributed by atoms with van der Waals surface area (Å²) in [6.07, 6.45) is -0.747. The van der Waals surface area contributed by atoms with E-state index in [1.807, 2.05) is 0 Å². The number of carbonyl (C=O) groups is 2. The highest BCUT2D eigenvalue weighted by Crippen LogP contribution is 2.36. The van der Waals surface area contributed by atoms with Gasteiger partial charge in [-0.25, -0.2) is 0 Å². The molecular weight excluding hydrogens is 318 g/mol. The highest BCUT2D eigenvalue weighted by Gasteiger charge is 2.33. The van der Waals surface area contributed by atoms with E-state index in [1.54, 1.807) is 35.2 Å². The molecule has 0 fully saturated rings. The number of nitrogens with one attached hydrogen (secondary N) is 1. The molecule has 6 nitrogen and oxygen atoms in total. The quantitative estimate of drug-likeness (QED) is 0.798. The summed E-state index contributed by atoms with van der Waals surface area (Å²) in [6, 6.07) is 11.4. The Balaban J connectivity index is 2.14. The van der Waals surface area contributed by atoms with Crippen LogP contribution in [0.15, 0.2) is 42.5 Å². The van der Waals surface area contributed by atoms with E-state index in [0.717, 1.165) is 0 Å². The van der Waals surface area contributed by atoms with Gasteiger partial charge in [-0.05, 0) is 30.3 Å². The van der Waals surface area contributed by atoms with Gasteiger partial charge < -0.3 is 21.1 Å². The van der Waals surface area contributed by atoms with Crippen molar-refractivity contribution in [2.24, 2.45) is 5.73 Å². The molecule has 0 bridgehead atoms. The van der Waals surface area contributed by atoms with E-state index in [4.69, 9.17) is 17.3 Å². The molecule has 3 rings (SSSR count). The maximum Gasteiger partial charge on any atom is 0.255 e. The third-order valence-electron chi connectivity index (χ3n) is 3.65. The Morgan fingerprint density at radius 2 is 2.04 bits per heavy atom. The number of aromatic hydroxyl groups is 1. The van der Waals surface area contributed by atoms with Gasteiger partial charge in [0.2, 0.25) is 5.91 Å². The van der Waals surface area contributed by atoms with Gasteiger partial charge in [0.25, 0.3) is 5.91 Å². The van der Waals surface area contributed by atoms with Gasteiger partial charge in [0.15, 0.2) is 0 Å². The van der Waals surface area contributed by atoms with E-state index in [9.17, 15) is 14.7 Å². The minimum Gasteiger partial charge on any atom is -0.508 e. The first-order valence-electron chi connectivity index (χ1n) is 6.90. The van der Waals surface area contributed by atoms with Crippen molar-refractivity contribution in [2.45, 2.75) is 6.17 Å². The number of halogens is 1. The first-order chi connectivity index (χ1) is 11.0. The molecule has 7 heteroatoms. The number of phenolic OH excluding ortho intramolecular Hbond substituents is 1. The predicted molar refractivity (Wildman–Crippen MR) is 86.3 cm³/mol. The van der Waals surface area contributed by atoms with Crippen molar-refractivity contribution in [3.8, 4) is 5.75 Å². The van der Waals surface area contributed by atoms with Crippen LogP contribution in [-0.4, -0.2) is 23.5 Å². The number of nitrogens with zero attached hydrogens (tertiary/aromatic N) is 1. The molecule has 1 aliphatic rings. The third-order valence-corrected chi connectivity index (χ3v) is 3.88. The van der Waals surface area contributed by atoms with Crippen LogP contribution < -0.4 is 16.0 Å². The van der Waals surface area contributed by atoms with Crippen LogP contribution in [0.2, 0.25) is 5.02 Å². The van der Waals surface area contributed by atoms with E-state index < -0.39 is 12.1 Å². The Bertz CT molecular complexity index is 794. The van der Waals surface area contributed by atoms with Crippen LogP contribution in [0.5, 0.6) is 5.75 Å². The Labute approximate surface area is 137 Å². The number of phenols is 1. The number of primary amides is 1. The highest BCUT2D eigenvalue weighted by molar-refractivity contribution is 6.30. The average Bonchev–Trinajstić information content (AvgIpc) is 2.52. The number of hydrogen-bond donors (Lipinski definition) is 3. The number of benzene rings is 2. The SMILES string of the molecule is NC(=O)CN1c2ccccc2C(=O)N[C@@H]1c1cc(Cl)ccc1O. The zero-order chi connectivity index (χ0) is 16.6. The maximum atomic E-state index is 12.3. The van der Waals surface area contributed by atoms with Crippen LogP contribution in [-0.2, 0) is 4.79 Å². The minimum absolute atomic E-state index is 0.0337. The molecule has 0 unspecified atom stereocenters. The monoisotopic (exact) mass is 331 g/mol. The first kappa shape index (κ1) is 15.2. The summed E-state index contributed by atoms with van der Waals surface area (Å²) in [4.78, 5) is 25.4. The molecule has 23 heavy (non-hydrogen) atoms. The van der Waals surface area contributed by atoms with Gasteiger partial charge in [-0.1, -0.05) is 23.7 Å². The highest BCUT2D eigenvalue weighted by atomic mass is 35.5. The Morgan fingerprint density at radius 3 is 2.78 bits per heavy atom. The molecule has 0 aliphatic carbocycles. The lowest BCUT2D eigenvalue weighted by atomic mass is 10.0. The summed E-state index contributed by atoms with van der Waals surface area (Å²) in [6.45, 7) is -0.117. The van der Waals surface area contributed by atoms with Gasteiger partial charge in [-0.3, -0.25) is 9.59 Å². The normalized spacial score (nSPS) is 16.7. The predicted octanol–water partition coefficient (Wildman–Crippen LogP) is 1.78. The van der Waals surface area contributed by atoms with E-state index in [1.165, 1.54) is 12.1 Å². The van der Waals surface area contributed by atoms with Crippen LogP contribution in [0.25, 0.3) is 0 Å². The van der Waals surface area contributed by atoms with Gasteiger partial charge in [0.1, 0.15) is 11.9 Å².